The third-order valence-electron chi connectivity index (χ3n) is 3.81. The van der Waals surface area contributed by atoms with E-state index in [2.05, 4.69) is 20.8 Å². The van der Waals surface area contributed by atoms with Gasteiger partial charge in [-0.05, 0) is 20.3 Å². The van der Waals surface area contributed by atoms with Crippen LogP contribution in [0.15, 0.2) is 0 Å². The fourth-order valence-corrected chi connectivity index (χ4v) is 2.54. The van der Waals surface area contributed by atoms with Gasteiger partial charge >= 0.3 is 0 Å². The molecule has 0 aliphatic rings. The van der Waals surface area contributed by atoms with Crippen molar-refractivity contribution in [2.24, 2.45) is 5.73 Å². The Balaban J connectivity index is 3.51. The molecule has 3 nitrogen and oxygen atoms in total. The fourth-order valence-electron chi connectivity index (χ4n) is 2.54. The number of carbonyl (C=O) groups is 1. The molecule has 20 heavy (non-hydrogen) atoms. The van der Waals surface area contributed by atoms with Crippen molar-refractivity contribution in [1.29, 1.82) is 0 Å². The Hall–Kier alpha value is -0.570. The average Bonchev–Trinajstić information content (AvgIpc) is 2.42. The van der Waals surface area contributed by atoms with Gasteiger partial charge in [0, 0.05) is 25.6 Å². The van der Waals surface area contributed by atoms with E-state index in [-0.39, 0.29) is 11.9 Å². The molecule has 0 aromatic rings. The molecule has 0 unspecified atom stereocenters. The van der Waals surface area contributed by atoms with Gasteiger partial charge in [0.25, 0.3) is 0 Å². The third kappa shape index (κ3) is 10.2. The summed E-state index contributed by atoms with van der Waals surface area (Å²) in [6.45, 7) is 7.62. The second kappa shape index (κ2) is 13.4. The molecule has 0 radical (unpaired) electrons. The van der Waals surface area contributed by atoms with Crippen molar-refractivity contribution in [3.63, 3.8) is 0 Å². The minimum atomic E-state index is 0.268. The standard InChI is InChI=1S/C17H36N2O/c1-4-5-6-7-8-9-10-11-12-13-17(20)19(15-14-18)16(2)3/h16H,4-15,18H2,1-3H3. The zero-order valence-corrected chi connectivity index (χ0v) is 14.0. The SMILES string of the molecule is CCCCCCCCCCCC(=O)N(CCN)C(C)C. The van der Waals surface area contributed by atoms with E-state index in [1.807, 2.05) is 4.90 Å². The molecule has 0 aliphatic carbocycles. The highest BCUT2D eigenvalue weighted by molar-refractivity contribution is 5.76. The summed E-state index contributed by atoms with van der Waals surface area (Å²) in [5.74, 6) is 0.272. The minimum absolute atomic E-state index is 0.268. The summed E-state index contributed by atoms with van der Waals surface area (Å²) in [4.78, 5) is 14.0. The second-order valence-corrected chi connectivity index (χ2v) is 6.05. The molecule has 1 amide bonds. The van der Waals surface area contributed by atoms with Crippen LogP contribution in [-0.4, -0.2) is 29.9 Å². The van der Waals surface area contributed by atoms with E-state index in [0.717, 1.165) is 6.42 Å². The monoisotopic (exact) mass is 284 g/mol. The zero-order valence-electron chi connectivity index (χ0n) is 14.0. The molecule has 0 atom stereocenters. The van der Waals surface area contributed by atoms with Crippen molar-refractivity contribution in [2.45, 2.75) is 91.0 Å². The summed E-state index contributed by atoms with van der Waals surface area (Å²) in [6.07, 6.45) is 12.3. The number of unbranched alkanes of at least 4 members (excludes halogenated alkanes) is 8. The van der Waals surface area contributed by atoms with Crippen molar-refractivity contribution in [3.8, 4) is 0 Å². The van der Waals surface area contributed by atoms with E-state index in [9.17, 15) is 4.79 Å². The Morgan fingerprint density at radius 2 is 1.45 bits per heavy atom. The highest BCUT2D eigenvalue weighted by atomic mass is 16.2. The quantitative estimate of drug-likeness (QED) is 0.517. The Morgan fingerprint density at radius 3 is 1.90 bits per heavy atom. The molecule has 0 bridgehead atoms. The third-order valence-corrected chi connectivity index (χ3v) is 3.81. The van der Waals surface area contributed by atoms with Crippen molar-refractivity contribution >= 4 is 5.91 Å². The van der Waals surface area contributed by atoms with Crippen LogP contribution in [0.2, 0.25) is 0 Å². The molecule has 0 saturated carbocycles. The molecular formula is C17H36N2O. The molecule has 0 spiro atoms. The molecule has 3 heteroatoms. The highest BCUT2D eigenvalue weighted by Gasteiger charge is 2.14. The fraction of sp³-hybridized carbons (Fsp3) is 0.941. The minimum Gasteiger partial charge on any atom is -0.339 e. The normalized spacial score (nSPS) is 11.1. The Bertz CT molecular complexity index is 229. The van der Waals surface area contributed by atoms with Gasteiger partial charge in [0.05, 0.1) is 0 Å². The number of hydrogen-bond acceptors (Lipinski definition) is 2. The Labute approximate surface area is 126 Å². The number of rotatable bonds is 13. The van der Waals surface area contributed by atoms with Crippen LogP contribution >= 0.6 is 0 Å². The van der Waals surface area contributed by atoms with Crippen LogP contribution in [0.1, 0.15) is 85.0 Å². The van der Waals surface area contributed by atoms with Crippen molar-refractivity contribution in [3.05, 3.63) is 0 Å². The Kier molecular flexibility index (Phi) is 13.0. The van der Waals surface area contributed by atoms with Crippen LogP contribution in [0.5, 0.6) is 0 Å². The number of nitrogens with zero attached hydrogens (tertiary/aromatic N) is 1. The second-order valence-electron chi connectivity index (χ2n) is 6.05. The van der Waals surface area contributed by atoms with Gasteiger partial charge < -0.3 is 10.6 Å². The molecule has 2 N–H and O–H groups in total. The molecule has 0 fully saturated rings. The topological polar surface area (TPSA) is 46.3 Å². The Morgan fingerprint density at radius 1 is 0.950 bits per heavy atom. The molecule has 0 heterocycles. The van der Waals surface area contributed by atoms with Gasteiger partial charge in [0.15, 0.2) is 0 Å². The van der Waals surface area contributed by atoms with E-state index in [1.165, 1.54) is 51.4 Å². The van der Waals surface area contributed by atoms with Gasteiger partial charge in [-0.2, -0.15) is 0 Å². The smallest absolute Gasteiger partial charge is 0.222 e. The number of hydrogen-bond donors (Lipinski definition) is 1. The van der Waals surface area contributed by atoms with Crippen LogP contribution in [0.4, 0.5) is 0 Å². The summed E-state index contributed by atoms with van der Waals surface area (Å²) in [5.41, 5.74) is 5.56. The zero-order chi connectivity index (χ0) is 15.2. The first-order chi connectivity index (χ1) is 9.63. The van der Waals surface area contributed by atoms with Crippen molar-refractivity contribution in [1.82, 2.24) is 4.90 Å². The summed E-state index contributed by atoms with van der Waals surface area (Å²) in [6, 6.07) is 0.268. The molecule has 0 aliphatic heterocycles. The lowest BCUT2D eigenvalue weighted by atomic mass is 10.1. The van der Waals surface area contributed by atoms with E-state index >= 15 is 0 Å². The molecule has 120 valence electrons. The molecular weight excluding hydrogens is 248 g/mol. The lowest BCUT2D eigenvalue weighted by molar-refractivity contribution is -0.132. The highest BCUT2D eigenvalue weighted by Crippen LogP contribution is 2.11. The van der Waals surface area contributed by atoms with Crippen molar-refractivity contribution < 1.29 is 4.79 Å². The van der Waals surface area contributed by atoms with Crippen LogP contribution in [0, 0.1) is 0 Å². The molecule has 0 saturated heterocycles. The maximum atomic E-state index is 12.1. The number of nitrogens with two attached hydrogens (primary N) is 1. The van der Waals surface area contributed by atoms with E-state index < -0.39 is 0 Å². The first-order valence-electron chi connectivity index (χ1n) is 8.63. The first kappa shape index (κ1) is 19.4. The number of amides is 1. The average molecular weight is 284 g/mol. The van der Waals surface area contributed by atoms with E-state index in [4.69, 9.17) is 5.73 Å². The van der Waals surface area contributed by atoms with Crippen LogP contribution in [-0.2, 0) is 4.79 Å². The summed E-state index contributed by atoms with van der Waals surface area (Å²) in [7, 11) is 0. The molecule has 0 rings (SSSR count). The largest absolute Gasteiger partial charge is 0.339 e. The van der Waals surface area contributed by atoms with Crippen LogP contribution in [0.25, 0.3) is 0 Å². The van der Waals surface area contributed by atoms with Gasteiger partial charge in [-0.25, -0.2) is 0 Å². The molecule has 0 aromatic heterocycles. The lowest BCUT2D eigenvalue weighted by Crippen LogP contribution is -2.40. The van der Waals surface area contributed by atoms with E-state index in [0.29, 0.717) is 19.5 Å². The van der Waals surface area contributed by atoms with Gasteiger partial charge in [0.1, 0.15) is 0 Å². The number of carbonyl (C=O) groups excluding carboxylic acids is 1. The molecule has 0 aromatic carbocycles. The first-order valence-corrected chi connectivity index (χ1v) is 8.63. The predicted octanol–water partition coefficient (Wildman–Crippen LogP) is 4.10. The summed E-state index contributed by atoms with van der Waals surface area (Å²) < 4.78 is 0. The predicted molar refractivity (Wildman–Crippen MR) is 87.7 cm³/mol. The lowest BCUT2D eigenvalue weighted by Gasteiger charge is -2.26. The van der Waals surface area contributed by atoms with Gasteiger partial charge in [0.2, 0.25) is 5.91 Å². The maximum Gasteiger partial charge on any atom is 0.222 e. The van der Waals surface area contributed by atoms with Gasteiger partial charge in [-0.3, -0.25) is 4.79 Å². The van der Waals surface area contributed by atoms with Gasteiger partial charge in [-0.15, -0.1) is 0 Å². The summed E-state index contributed by atoms with van der Waals surface area (Å²) >= 11 is 0. The van der Waals surface area contributed by atoms with Crippen molar-refractivity contribution in [2.75, 3.05) is 13.1 Å². The van der Waals surface area contributed by atoms with Crippen LogP contribution < -0.4 is 5.73 Å². The van der Waals surface area contributed by atoms with E-state index in [1.54, 1.807) is 0 Å². The van der Waals surface area contributed by atoms with Crippen LogP contribution in [0.3, 0.4) is 0 Å². The maximum absolute atomic E-state index is 12.1. The summed E-state index contributed by atoms with van der Waals surface area (Å²) in [5, 5.41) is 0. The van der Waals surface area contributed by atoms with Gasteiger partial charge in [-0.1, -0.05) is 58.3 Å².